The molecule has 0 saturated carbocycles. The van der Waals surface area contributed by atoms with E-state index in [0.29, 0.717) is 23.2 Å². The van der Waals surface area contributed by atoms with Crippen LogP contribution in [0.15, 0.2) is 82.0 Å². The zero-order valence-corrected chi connectivity index (χ0v) is 15.2. The first-order valence-electron chi connectivity index (χ1n) is 8.88. The predicted octanol–water partition coefficient (Wildman–Crippen LogP) is 3.61. The number of carbonyl (C=O) groups excluding carboxylic acids is 1. The molecule has 0 aliphatic heterocycles. The fourth-order valence-electron chi connectivity index (χ4n) is 2.74. The van der Waals surface area contributed by atoms with Crippen molar-refractivity contribution in [2.75, 3.05) is 6.54 Å². The van der Waals surface area contributed by atoms with Gasteiger partial charge in [-0.05, 0) is 36.6 Å². The number of hydrogen-bond acceptors (Lipinski definition) is 3. The highest BCUT2D eigenvalue weighted by Gasteiger charge is 2.10. The molecule has 0 aliphatic rings. The van der Waals surface area contributed by atoms with Crippen LogP contribution < -0.4 is 11.1 Å². The smallest absolute Gasteiger partial charge is 0.408 e. The van der Waals surface area contributed by atoms with Crippen LogP contribution in [0.25, 0.3) is 11.1 Å². The lowest BCUT2D eigenvalue weighted by molar-refractivity contribution is 0.0958. The molecule has 0 unspecified atom stereocenters. The van der Waals surface area contributed by atoms with Gasteiger partial charge in [0.15, 0.2) is 5.58 Å². The van der Waals surface area contributed by atoms with E-state index in [2.05, 4.69) is 23.5 Å². The molecule has 0 spiro atoms. The molecule has 0 bridgehead atoms. The Morgan fingerprint density at radius 2 is 1.89 bits per heavy atom. The molecule has 2 aromatic carbocycles. The van der Waals surface area contributed by atoms with Gasteiger partial charge < -0.3 is 9.73 Å². The number of nitrogens with zero attached hydrogens (tertiary/aromatic N) is 1. The fourth-order valence-corrected chi connectivity index (χ4v) is 2.74. The number of fused-ring (bicyclic) bond motifs is 1. The number of aryl methyl sites for hydroxylation is 2. The Morgan fingerprint density at radius 1 is 1.11 bits per heavy atom. The molecule has 0 aliphatic carbocycles. The normalized spacial score (nSPS) is 11.6. The zero-order valence-electron chi connectivity index (χ0n) is 15.2. The van der Waals surface area contributed by atoms with Crippen molar-refractivity contribution in [2.45, 2.75) is 12.8 Å². The Kier molecular flexibility index (Phi) is 6.05. The van der Waals surface area contributed by atoms with Crippen LogP contribution in [0, 0.1) is 0 Å². The molecular weight excluding hydrogens is 340 g/mol. The molecule has 3 rings (SSSR count). The quantitative estimate of drug-likeness (QED) is 0.653. The maximum Gasteiger partial charge on any atom is 0.419 e. The van der Waals surface area contributed by atoms with Gasteiger partial charge in [0.25, 0.3) is 5.91 Å². The van der Waals surface area contributed by atoms with E-state index in [9.17, 15) is 9.59 Å². The first-order valence-corrected chi connectivity index (χ1v) is 8.88. The van der Waals surface area contributed by atoms with Gasteiger partial charge in [-0.15, -0.1) is 0 Å². The molecule has 1 heterocycles. The number of carbonyl (C=O) groups is 1. The minimum atomic E-state index is -0.440. The summed E-state index contributed by atoms with van der Waals surface area (Å²) in [7, 11) is 1.61. The third kappa shape index (κ3) is 4.85. The van der Waals surface area contributed by atoms with Gasteiger partial charge in [-0.1, -0.05) is 54.6 Å². The summed E-state index contributed by atoms with van der Waals surface area (Å²) in [5.41, 5.74) is 2.89. The summed E-state index contributed by atoms with van der Waals surface area (Å²) in [6.07, 6.45) is 9.91. The zero-order chi connectivity index (χ0) is 19.1. The molecule has 0 fully saturated rings. The largest absolute Gasteiger partial charge is 0.419 e. The highest BCUT2D eigenvalue weighted by Crippen LogP contribution is 2.14. The third-order valence-corrected chi connectivity index (χ3v) is 4.26. The van der Waals surface area contributed by atoms with Gasteiger partial charge in [0, 0.05) is 19.2 Å². The number of allylic oxidation sites excluding steroid dienone is 3. The van der Waals surface area contributed by atoms with Crippen LogP contribution in [0.2, 0.25) is 0 Å². The van der Waals surface area contributed by atoms with Crippen molar-refractivity contribution in [2.24, 2.45) is 7.05 Å². The van der Waals surface area contributed by atoms with Crippen LogP contribution in [-0.2, 0) is 13.5 Å². The molecule has 1 N–H and O–H groups in total. The number of nitrogens with one attached hydrogen (secondary N) is 1. The Hall–Kier alpha value is -3.34. The van der Waals surface area contributed by atoms with Crippen molar-refractivity contribution in [1.82, 2.24) is 9.88 Å². The lowest BCUT2D eigenvalue weighted by Gasteiger charge is -2.02. The van der Waals surface area contributed by atoms with E-state index in [4.69, 9.17) is 4.42 Å². The molecule has 3 aromatic rings. The van der Waals surface area contributed by atoms with Gasteiger partial charge in [0.05, 0.1) is 5.52 Å². The van der Waals surface area contributed by atoms with Gasteiger partial charge in [0.2, 0.25) is 0 Å². The monoisotopic (exact) mass is 362 g/mol. The molecule has 138 valence electrons. The van der Waals surface area contributed by atoms with E-state index in [1.807, 2.05) is 36.4 Å². The maximum atomic E-state index is 12.2. The van der Waals surface area contributed by atoms with E-state index in [1.165, 1.54) is 10.1 Å². The fraction of sp³-hybridized carbons (Fsp3) is 0.182. The molecule has 0 atom stereocenters. The van der Waals surface area contributed by atoms with Gasteiger partial charge in [-0.2, -0.15) is 0 Å². The van der Waals surface area contributed by atoms with Crippen molar-refractivity contribution >= 4 is 17.0 Å². The van der Waals surface area contributed by atoms with Crippen molar-refractivity contribution < 1.29 is 9.21 Å². The molecule has 5 heteroatoms. The van der Waals surface area contributed by atoms with Crippen LogP contribution in [0.5, 0.6) is 0 Å². The van der Waals surface area contributed by atoms with Crippen molar-refractivity contribution in [3.63, 3.8) is 0 Å². The van der Waals surface area contributed by atoms with Gasteiger partial charge in [-0.3, -0.25) is 9.36 Å². The number of aromatic nitrogens is 1. The minimum Gasteiger partial charge on any atom is -0.408 e. The summed E-state index contributed by atoms with van der Waals surface area (Å²) in [5.74, 6) is -0.632. The van der Waals surface area contributed by atoms with E-state index in [-0.39, 0.29) is 5.91 Å². The van der Waals surface area contributed by atoms with Crippen LogP contribution in [0.3, 0.4) is 0 Å². The topological polar surface area (TPSA) is 64.2 Å². The maximum absolute atomic E-state index is 12.2. The third-order valence-electron chi connectivity index (χ3n) is 4.26. The SMILES string of the molecule is Cn1c(=O)oc2ccc(C(=O)NC/C=C/C=C/CCc3ccccc3)cc21. The van der Waals surface area contributed by atoms with Crippen molar-refractivity contribution in [3.05, 3.63) is 94.5 Å². The molecule has 0 radical (unpaired) electrons. The van der Waals surface area contributed by atoms with Gasteiger partial charge >= 0.3 is 5.76 Å². The molecule has 0 saturated heterocycles. The van der Waals surface area contributed by atoms with E-state index < -0.39 is 5.76 Å². The predicted molar refractivity (Wildman–Crippen MR) is 107 cm³/mol. The first-order chi connectivity index (χ1) is 13.1. The van der Waals surface area contributed by atoms with Gasteiger partial charge in [-0.25, -0.2) is 4.79 Å². The summed E-state index contributed by atoms with van der Waals surface area (Å²) in [4.78, 5) is 23.7. The van der Waals surface area contributed by atoms with Crippen LogP contribution in [-0.4, -0.2) is 17.0 Å². The Bertz CT molecular complexity index is 1030. The minimum absolute atomic E-state index is 0.191. The lowest BCUT2D eigenvalue weighted by Crippen LogP contribution is -2.23. The highest BCUT2D eigenvalue weighted by atomic mass is 16.4. The van der Waals surface area contributed by atoms with E-state index >= 15 is 0 Å². The summed E-state index contributed by atoms with van der Waals surface area (Å²) in [5, 5.41) is 2.83. The number of rotatable bonds is 7. The molecule has 1 amide bonds. The summed E-state index contributed by atoms with van der Waals surface area (Å²) >= 11 is 0. The number of benzene rings is 2. The molecular formula is C22H22N2O3. The Balaban J connectivity index is 1.45. The molecule has 1 aromatic heterocycles. The van der Waals surface area contributed by atoms with E-state index in [0.717, 1.165) is 12.8 Å². The summed E-state index contributed by atoms with van der Waals surface area (Å²) < 4.78 is 6.45. The number of oxazole rings is 1. The second kappa shape index (κ2) is 8.85. The Morgan fingerprint density at radius 3 is 2.70 bits per heavy atom. The molecule has 5 nitrogen and oxygen atoms in total. The second-order valence-electron chi connectivity index (χ2n) is 6.20. The lowest BCUT2D eigenvalue weighted by atomic mass is 10.1. The average Bonchev–Trinajstić information content (AvgIpc) is 2.98. The first kappa shape index (κ1) is 18.5. The van der Waals surface area contributed by atoms with Crippen molar-refractivity contribution in [3.8, 4) is 0 Å². The number of hydrogen-bond donors (Lipinski definition) is 1. The summed E-state index contributed by atoms with van der Waals surface area (Å²) in [6, 6.07) is 15.3. The molecule has 27 heavy (non-hydrogen) atoms. The van der Waals surface area contributed by atoms with Crippen LogP contribution in [0.1, 0.15) is 22.3 Å². The Labute approximate surface area is 157 Å². The summed E-state index contributed by atoms with van der Waals surface area (Å²) in [6.45, 7) is 0.435. The van der Waals surface area contributed by atoms with Crippen LogP contribution in [0.4, 0.5) is 0 Å². The highest BCUT2D eigenvalue weighted by molar-refractivity contribution is 5.97. The standard InChI is InChI=1S/C22H22N2O3/c1-24-19-16-18(13-14-20(19)27-22(24)26)21(25)23-15-9-4-2-3-6-10-17-11-7-5-8-12-17/h2-5,7-9,11-14,16H,6,10,15H2,1H3,(H,23,25)/b3-2+,9-4+. The average molecular weight is 362 g/mol. The van der Waals surface area contributed by atoms with Crippen LogP contribution >= 0.6 is 0 Å². The van der Waals surface area contributed by atoms with Gasteiger partial charge in [0.1, 0.15) is 0 Å². The number of amides is 1. The second-order valence-corrected chi connectivity index (χ2v) is 6.20. The van der Waals surface area contributed by atoms with E-state index in [1.54, 1.807) is 25.2 Å². The van der Waals surface area contributed by atoms with Crippen molar-refractivity contribution in [1.29, 1.82) is 0 Å².